The van der Waals surface area contributed by atoms with Gasteiger partial charge in [-0.1, -0.05) is 35.3 Å². The van der Waals surface area contributed by atoms with Crippen molar-refractivity contribution in [1.29, 1.82) is 0 Å². The van der Waals surface area contributed by atoms with Crippen molar-refractivity contribution in [3.05, 3.63) is 68.8 Å². The van der Waals surface area contributed by atoms with Crippen molar-refractivity contribution in [3.8, 4) is 0 Å². The average Bonchev–Trinajstić information content (AvgIpc) is 3.08. The molecule has 7 heteroatoms. The number of hydrogen-bond donors (Lipinski definition) is 1. The van der Waals surface area contributed by atoms with Crippen LogP contribution in [-0.2, 0) is 18.3 Å². The molecule has 1 aromatic heterocycles. The minimum atomic E-state index is -0.802. The molecule has 1 amide bonds. The van der Waals surface area contributed by atoms with Crippen LogP contribution in [0.1, 0.15) is 40.0 Å². The van der Waals surface area contributed by atoms with Crippen molar-refractivity contribution in [2.75, 3.05) is 13.1 Å². The molecule has 0 bridgehead atoms. The molecule has 0 atom stereocenters. The molecular formula is C24H24Cl2N2O3. The maximum atomic E-state index is 13.1. The number of aliphatic carboxylic acids is 1. The summed E-state index contributed by atoms with van der Waals surface area (Å²) >= 11 is 13.2. The average molecular weight is 459 g/mol. The molecule has 0 spiro atoms. The van der Waals surface area contributed by atoms with Gasteiger partial charge in [0, 0.05) is 48.2 Å². The smallest absolute Gasteiger partial charge is 0.306 e. The second-order valence-corrected chi connectivity index (χ2v) is 8.96. The molecule has 0 unspecified atom stereocenters. The molecule has 0 aliphatic carbocycles. The van der Waals surface area contributed by atoms with Gasteiger partial charge >= 0.3 is 5.97 Å². The number of amides is 1. The van der Waals surface area contributed by atoms with Crippen molar-refractivity contribution in [2.45, 2.75) is 26.2 Å². The molecule has 1 N–H and O–H groups in total. The minimum absolute atomic E-state index is 0.181. The third-order valence-electron chi connectivity index (χ3n) is 6.31. The highest BCUT2D eigenvalue weighted by Gasteiger charge is 2.29. The highest BCUT2D eigenvalue weighted by atomic mass is 35.5. The number of fused-ring (bicyclic) bond motifs is 1. The molecule has 3 aromatic rings. The SMILES string of the molecule is Cc1cccc2c1cc(Cc1c(Cl)ccc(C(=O)N3CCC(C(=O)O)CC3)c1Cl)n2C. The summed E-state index contributed by atoms with van der Waals surface area (Å²) in [4.78, 5) is 26.0. The van der Waals surface area contributed by atoms with Crippen LogP contribution in [-0.4, -0.2) is 39.5 Å². The molecule has 2 aromatic carbocycles. The Morgan fingerprint density at radius 2 is 1.84 bits per heavy atom. The van der Waals surface area contributed by atoms with Crippen LogP contribution in [0, 0.1) is 12.8 Å². The van der Waals surface area contributed by atoms with Gasteiger partial charge in [-0.15, -0.1) is 0 Å². The summed E-state index contributed by atoms with van der Waals surface area (Å²) in [6.07, 6.45) is 1.41. The maximum Gasteiger partial charge on any atom is 0.306 e. The van der Waals surface area contributed by atoms with Crippen LogP contribution in [0.25, 0.3) is 10.9 Å². The number of piperidine rings is 1. The van der Waals surface area contributed by atoms with Crippen LogP contribution >= 0.6 is 23.2 Å². The number of hydrogen-bond acceptors (Lipinski definition) is 2. The lowest BCUT2D eigenvalue weighted by molar-refractivity contribution is -0.143. The Kier molecular flexibility index (Phi) is 6.00. The summed E-state index contributed by atoms with van der Waals surface area (Å²) in [6, 6.07) is 11.7. The fourth-order valence-corrected chi connectivity index (χ4v) is 4.92. The van der Waals surface area contributed by atoms with Crippen LogP contribution in [0.15, 0.2) is 36.4 Å². The summed E-state index contributed by atoms with van der Waals surface area (Å²) < 4.78 is 2.13. The summed E-state index contributed by atoms with van der Waals surface area (Å²) in [5.74, 6) is -1.38. The Morgan fingerprint density at radius 3 is 2.48 bits per heavy atom. The highest BCUT2D eigenvalue weighted by molar-refractivity contribution is 6.38. The first kappa shape index (κ1) is 21.7. The van der Waals surface area contributed by atoms with Crippen LogP contribution in [0.3, 0.4) is 0 Å². The molecule has 31 heavy (non-hydrogen) atoms. The van der Waals surface area contributed by atoms with Crippen LogP contribution in [0.2, 0.25) is 10.0 Å². The van der Waals surface area contributed by atoms with E-state index in [0.717, 1.165) is 16.8 Å². The number of likely N-dealkylation sites (tertiary alicyclic amines) is 1. The van der Waals surface area contributed by atoms with Gasteiger partial charge in [-0.25, -0.2) is 0 Å². The predicted molar refractivity (Wildman–Crippen MR) is 123 cm³/mol. The molecule has 162 valence electrons. The molecule has 1 aliphatic heterocycles. The van der Waals surface area contributed by atoms with Gasteiger partial charge in [0.2, 0.25) is 0 Å². The quantitative estimate of drug-likeness (QED) is 0.575. The number of rotatable bonds is 4. The van der Waals surface area contributed by atoms with Crippen molar-refractivity contribution in [2.24, 2.45) is 13.0 Å². The zero-order valence-corrected chi connectivity index (χ0v) is 19.0. The van der Waals surface area contributed by atoms with E-state index in [1.54, 1.807) is 17.0 Å². The number of carboxylic acid groups (broad SMARTS) is 1. The monoisotopic (exact) mass is 458 g/mol. The van der Waals surface area contributed by atoms with E-state index in [1.165, 1.54) is 10.9 Å². The van der Waals surface area contributed by atoms with E-state index in [0.29, 0.717) is 48.0 Å². The Morgan fingerprint density at radius 1 is 1.13 bits per heavy atom. The second-order valence-electron chi connectivity index (χ2n) is 8.17. The number of carboxylic acids is 1. The first-order chi connectivity index (χ1) is 14.8. The van der Waals surface area contributed by atoms with Gasteiger partial charge in [0.1, 0.15) is 0 Å². The Bertz CT molecular complexity index is 1180. The summed E-state index contributed by atoms with van der Waals surface area (Å²) in [5.41, 5.74) is 4.52. The molecular weight excluding hydrogens is 435 g/mol. The van der Waals surface area contributed by atoms with E-state index in [2.05, 4.69) is 29.7 Å². The van der Waals surface area contributed by atoms with Crippen LogP contribution < -0.4 is 0 Å². The number of benzene rings is 2. The van der Waals surface area contributed by atoms with Crippen LogP contribution in [0.5, 0.6) is 0 Å². The number of halogens is 2. The molecule has 1 saturated heterocycles. The summed E-state index contributed by atoms with van der Waals surface area (Å²) in [5, 5.41) is 11.2. The van der Waals surface area contributed by atoms with Crippen molar-refractivity contribution >= 4 is 46.0 Å². The van der Waals surface area contributed by atoms with Crippen molar-refractivity contribution < 1.29 is 14.7 Å². The van der Waals surface area contributed by atoms with Gasteiger partial charge < -0.3 is 14.6 Å². The van der Waals surface area contributed by atoms with Gasteiger partial charge in [0.15, 0.2) is 0 Å². The first-order valence-corrected chi connectivity index (χ1v) is 11.1. The molecule has 0 saturated carbocycles. The fraction of sp³-hybridized carbons (Fsp3) is 0.333. The van der Waals surface area contributed by atoms with Gasteiger partial charge in [-0.3, -0.25) is 9.59 Å². The van der Waals surface area contributed by atoms with Gasteiger partial charge in [0.05, 0.1) is 16.5 Å². The topological polar surface area (TPSA) is 62.5 Å². The highest BCUT2D eigenvalue weighted by Crippen LogP contribution is 2.33. The number of aryl methyl sites for hydroxylation is 2. The maximum absolute atomic E-state index is 13.1. The largest absolute Gasteiger partial charge is 0.481 e. The number of carbonyl (C=O) groups excluding carboxylic acids is 1. The number of carbonyl (C=O) groups is 2. The van der Waals surface area contributed by atoms with E-state index >= 15 is 0 Å². The lowest BCUT2D eigenvalue weighted by atomic mass is 9.96. The Hall–Kier alpha value is -2.50. The summed E-state index contributed by atoms with van der Waals surface area (Å²) in [6.45, 7) is 2.90. The van der Waals surface area contributed by atoms with E-state index < -0.39 is 11.9 Å². The minimum Gasteiger partial charge on any atom is -0.481 e. The van der Waals surface area contributed by atoms with Gasteiger partial charge in [-0.2, -0.15) is 0 Å². The van der Waals surface area contributed by atoms with Gasteiger partial charge in [-0.05, 0) is 55.2 Å². The number of aromatic nitrogens is 1. The zero-order valence-electron chi connectivity index (χ0n) is 17.5. The second kappa shape index (κ2) is 8.56. The number of nitrogens with zero attached hydrogens (tertiary/aromatic N) is 2. The van der Waals surface area contributed by atoms with E-state index in [4.69, 9.17) is 23.2 Å². The molecule has 1 aliphatic rings. The first-order valence-electron chi connectivity index (χ1n) is 10.3. The fourth-order valence-electron chi connectivity index (χ4n) is 4.34. The molecule has 0 radical (unpaired) electrons. The molecule has 4 rings (SSSR count). The van der Waals surface area contributed by atoms with E-state index in [-0.39, 0.29) is 5.91 Å². The molecule has 2 heterocycles. The Balaban J connectivity index is 1.63. The molecule has 1 fully saturated rings. The predicted octanol–water partition coefficient (Wildman–Crippen LogP) is 5.32. The van der Waals surface area contributed by atoms with Crippen molar-refractivity contribution in [3.63, 3.8) is 0 Å². The van der Waals surface area contributed by atoms with Crippen molar-refractivity contribution in [1.82, 2.24) is 9.47 Å². The Labute approximate surface area is 191 Å². The van der Waals surface area contributed by atoms with Gasteiger partial charge in [0.25, 0.3) is 5.91 Å². The zero-order chi connectivity index (χ0) is 22.3. The third-order valence-corrected chi connectivity index (χ3v) is 7.10. The summed E-state index contributed by atoms with van der Waals surface area (Å²) in [7, 11) is 2.01. The van der Waals surface area contributed by atoms with E-state index in [1.807, 2.05) is 13.1 Å². The van der Waals surface area contributed by atoms with E-state index in [9.17, 15) is 14.7 Å². The third kappa shape index (κ3) is 4.04. The lowest BCUT2D eigenvalue weighted by Crippen LogP contribution is -2.40. The molecule has 5 nitrogen and oxygen atoms in total. The van der Waals surface area contributed by atoms with Crippen LogP contribution in [0.4, 0.5) is 0 Å². The lowest BCUT2D eigenvalue weighted by Gasteiger charge is -2.30. The normalized spacial score (nSPS) is 14.9. The standard InChI is InChI=1S/C24H24Cl2N2O3/c1-14-4-3-5-21-18(14)12-16(27(21)2)13-19-20(25)7-6-17(22(19)26)23(29)28-10-8-15(9-11-28)24(30)31/h3-7,12,15H,8-11,13H2,1-2H3,(H,30,31).